The van der Waals surface area contributed by atoms with Crippen molar-refractivity contribution in [1.29, 1.82) is 0 Å². The summed E-state index contributed by atoms with van der Waals surface area (Å²) in [5.41, 5.74) is 3.83. The van der Waals surface area contributed by atoms with Gasteiger partial charge in [-0.3, -0.25) is 9.59 Å². The lowest BCUT2D eigenvalue weighted by Gasteiger charge is -2.18. The van der Waals surface area contributed by atoms with Crippen LogP contribution in [0.25, 0.3) is 5.57 Å². The minimum Gasteiger partial charge on any atom is -0.285 e. The number of aryl methyl sites for hydroxylation is 1. The number of benzene rings is 1. The van der Waals surface area contributed by atoms with Crippen molar-refractivity contribution in [3.05, 3.63) is 40.5 Å². The summed E-state index contributed by atoms with van der Waals surface area (Å²) in [7, 11) is 0. The summed E-state index contributed by atoms with van der Waals surface area (Å²) < 4.78 is 0. The fourth-order valence-electron chi connectivity index (χ4n) is 1.94. The summed E-state index contributed by atoms with van der Waals surface area (Å²) in [6.45, 7) is 5.46. The van der Waals surface area contributed by atoms with E-state index in [2.05, 4.69) is 0 Å². The smallest absolute Gasteiger partial charge is 0.234 e. The van der Waals surface area contributed by atoms with Crippen LogP contribution in [0.2, 0.25) is 0 Å². The van der Waals surface area contributed by atoms with Gasteiger partial charge >= 0.3 is 0 Å². The second-order valence-corrected chi connectivity index (χ2v) is 3.91. The molecule has 0 amide bonds. The van der Waals surface area contributed by atoms with Gasteiger partial charge in [-0.1, -0.05) is 18.2 Å². The number of hydrogen-bond acceptors (Lipinski definition) is 2. The first-order valence-corrected chi connectivity index (χ1v) is 4.90. The van der Waals surface area contributed by atoms with Gasteiger partial charge in [0.1, 0.15) is 0 Å². The largest absolute Gasteiger partial charge is 0.285 e. The first-order valence-electron chi connectivity index (χ1n) is 4.90. The molecule has 0 N–H and O–H groups in total. The van der Waals surface area contributed by atoms with Gasteiger partial charge in [0, 0.05) is 11.1 Å². The minimum absolute atomic E-state index is 0.366. The third-order valence-corrected chi connectivity index (χ3v) is 3.01. The molecule has 0 spiro atoms. The summed E-state index contributed by atoms with van der Waals surface area (Å²) in [6, 6.07) is 5.66. The monoisotopic (exact) mass is 200 g/mol. The molecule has 1 aromatic rings. The first-order chi connectivity index (χ1) is 7.04. The standard InChI is InChI=1S/C13H12O2/c1-7-5-4-6-10-8(2)9(3)12(14)13(15)11(7)10/h4-6H,1-3H3. The van der Waals surface area contributed by atoms with Crippen LogP contribution in [0.4, 0.5) is 0 Å². The van der Waals surface area contributed by atoms with Gasteiger partial charge in [-0.25, -0.2) is 0 Å². The number of ketones is 2. The average molecular weight is 200 g/mol. The summed E-state index contributed by atoms with van der Waals surface area (Å²) in [6.07, 6.45) is 0. The van der Waals surface area contributed by atoms with Crippen molar-refractivity contribution in [1.82, 2.24) is 0 Å². The van der Waals surface area contributed by atoms with E-state index in [1.807, 2.05) is 32.0 Å². The predicted molar refractivity (Wildman–Crippen MR) is 58.8 cm³/mol. The van der Waals surface area contributed by atoms with Crippen molar-refractivity contribution in [3.8, 4) is 0 Å². The van der Waals surface area contributed by atoms with Gasteiger partial charge in [0.15, 0.2) is 0 Å². The molecule has 0 saturated carbocycles. The molecule has 15 heavy (non-hydrogen) atoms. The van der Waals surface area contributed by atoms with E-state index >= 15 is 0 Å². The van der Waals surface area contributed by atoms with Crippen molar-refractivity contribution in [2.75, 3.05) is 0 Å². The van der Waals surface area contributed by atoms with E-state index in [0.717, 1.165) is 16.7 Å². The van der Waals surface area contributed by atoms with E-state index in [4.69, 9.17) is 0 Å². The van der Waals surface area contributed by atoms with Gasteiger partial charge in [0.2, 0.25) is 11.6 Å². The van der Waals surface area contributed by atoms with Crippen LogP contribution >= 0.6 is 0 Å². The molecule has 1 aliphatic rings. The van der Waals surface area contributed by atoms with Crippen molar-refractivity contribution in [2.45, 2.75) is 20.8 Å². The van der Waals surface area contributed by atoms with Crippen LogP contribution in [0.1, 0.15) is 35.3 Å². The fraction of sp³-hybridized carbons (Fsp3) is 0.231. The first kappa shape index (κ1) is 9.84. The molecule has 0 bridgehead atoms. The highest BCUT2D eigenvalue weighted by atomic mass is 16.2. The lowest BCUT2D eigenvalue weighted by atomic mass is 9.83. The summed E-state index contributed by atoms with van der Waals surface area (Å²) in [5, 5.41) is 0. The van der Waals surface area contributed by atoms with Crippen molar-refractivity contribution in [2.24, 2.45) is 0 Å². The van der Waals surface area contributed by atoms with Crippen molar-refractivity contribution < 1.29 is 9.59 Å². The lowest BCUT2D eigenvalue weighted by Crippen LogP contribution is -2.23. The third kappa shape index (κ3) is 1.25. The van der Waals surface area contributed by atoms with Gasteiger partial charge in [-0.15, -0.1) is 0 Å². The molecule has 0 atom stereocenters. The zero-order chi connectivity index (χ0) is 11.2. The SMILES string of the molecule is CC1=C(C)c2cccc(C)c2C(=O)C1=O. The van der Waals surface area contributed by atoms with E-state index in [1.165, 1.54) is 0 Å². The zero-order valence-corrected chi connectivity index (χ0v) is 9.05. The number of hydrogen-bond donors (Lipinski definition) is 0. The van der Waals surface area contributed by atoms with Crippen LogP contribution in [-0.2, 0) is 4.79 Å². The van der Waals surface area contributed by atoms with Crippen LogP contribution in [0.3, 0.4) is 0 Å². The molecule has 0 radical (unpaired) electrons. The highest BCUT2D eigenvalue weighted by molar-refractivity contribution is 6.52. The number of rotatable bonds is 0. The molecule has 0 fully saturated rings. The van der Waals surface area contributed by atoms with Gasteiger partial charge < -0.3 is 0 Å². The van der Waals surface area contributed by atoms with Crippen molar-refractivity contribution >= 4 is 17.1 Å². The molecule has 0 saturated heterocycles. The topological polar surface area (TPSA) is 34.1 Å². The number of fused-ring (bicyclic) bond motifs is 1. The normalized spacial score (nSPS) is 15.7. The van der Waals surface area contributed by atoms with E-state index < -0.39 is 0 Å². The Balaban J connectivity index is 2.84. The van der Waals surface area contributed by atoms with E-state index in [-0.39, 0.29) is 11.6 Å². The Morgan fingerprint density at radius 1 is 0.867 bits per heavy atom. The molecule has 2 nitrogen and oxygen atoms in total. The number of allylic oxidation sites excluding steroid dienone is 2. The highest BCUT2D eigenvalue weighted by Gasteiger charge is 2.29. The van der Waals surface area contributed by atoms with Crippen molar-refractivity contribution in [3.63, 3.8) is 0 Å². The third-order valence-electron chi connectivity index (χ3n) is 3.01. The molecule has 0 aromatic heterocycles. The number of Topliss-reactive ketones (excluding diaryl/α,β-unsaturated/α-hetero) is 2. The molecule has 0 unspecified atom stereocenters. The Bertz CT molecular complexity index is 507. The van der Waals surface area contributed by atoms with Gasteiger partial charge in [0.25, 0.3) is 0 Å². The van der Waals surface area contributed by atoms with Crippen LogP contribution in [0.15, 0.2) is 23.8 Å². The minimum atomic E-state index is -0.369. The summed E-state index contributed by atoms with van der Waals surface area (Å²) >= 11 is 0. The number of carbonyl (C=O) groups excluding carboxylic acids is 2. The Morgan fingerprint density at radius 3 is 2.20 bits per heavy atom. The van der Waals surface area contributed by atoms with Gasteiger partial charge in [-0.05, 0) is 37.5 Å². The molecule has 0 aliphatic heterocycles. The van der Waals surface area contributed by atoms with Crippen LogP contribution in [0, 0.1) is 6.92 Å². The summed E-state index contributed by atoms with van der Waals surface area (Å²) in [4.78, 5) is 23.5. The molecule has 2 rings (SSSR count). The second-order valence-electron chi connectivity index (χ2n) is 3.91. The van der Waals surface area contributed by atoms with E-state index in [1.54, 1.807) is 6.92 Å². The van der Waals surface area contributed by atoms with Crippen LogP contribution < -0.4 is 0 Å². The lowest BCUT2D eigenvalue weighted by molar-refractivity contribution is -0.111. The molecule has 2 heteroatoms. The maximum absolute atomic E-state index is 11.8. The second kappa shape index (κ2) is 3.16. The molecular formula is C13H12O2. The molecule has 1 aromatic carbocycles. The fourth-order valence-corrected chi connectivity index (χ4v) is 1.94. The zero-order valence-electron chi connectivity index (χ0n) is 9.05. The van der Waals surface area contributed by atoms with E-state index in [9.17, 15) is 9.59 Å². The predicted octanol–water partition coefficient (Wildman–Crippen LogP) is 2.55. The number of carbonyl (C=O) groups is 2. The molecule has 1 aliphatic carbocycles. The quantitative estimate of drug-likeness (QED) is 0.603. The van der Waals surface area contributed by atoms with Gasteiger partial charge in [0.05, 0.1) is 0 Å². The molecular weight excluding hydrogens is 188 g/mol. The Kier molecular flexibility index (Phi) is 2.07. The van der Waals surface area contributed by atoms with Crippen LogP contribution in [0.5, 0.6) is 0 Å². The van der Waals surface area contributed by atoms with Crippen LogP contribution in [-0.4, -0.2) is 11.6 Å². The highest BCUT2D eigenvalue weighted by Crippen LogP contribution is 2.30. The maximum atomic E-state index is 11.8. The van der Waals surface area contributed by atoms with E-state index in [0.29, 0.717) is 11.1 Å². The Morgan fingerprint density at radius 2 is 1.53 bits per heavy atom. The van der Waals surface area contributed by atoms with Gasteiger partial charge in [-0.2, -0.15) is 0 Å². The maximum Gasteiger partial charge on any atom is 0.234 e. The molecule has 76 valence electrons. The Hall–Kier alpha value is -1.70. The average Bonchev–Trinajstić information content (AvgIpc) is 2.23. The summed E-state index contributed by atoms with van der Waals surface area (Å²) in [5.74, 6) is -0.736. The Labute approximate surface area is 88.6 Å². The molecule has 0 heterocycles.